The standard InChI is InChI=1S/C23H24N4O5S/c1-6-18(28)27-15-10-8-7-9-14(15)19-21(24-23(33-5)26-25-19)32-22(27)13-11-16(29-2)20(31-4)17(12-13)30-3/h7-12,22H,6H2,1-5H3/t22-/m0/s1. The lowest BCUT2D eigenvalue weighted by Gasteiger charge is -2.31. The zero-order valence-electron chi connectivity index (χ0n) is 19.0. The number of ether oxygens (including phenoxy) is 4. The van der Waals surface area contributed by atoms with Crippen molar-refractivity contribution < 1.29 is 23.7 Å². The second-order valence-electron chi connectivity index (χ2n) is 7.02. The molecule has 3 aromatic rings. The van der Waals surface area contributed by atoms with Crippen molar-refractivity contribution in [3.8, 4) is 34.4 Å². The fourth-order valence-corrected chi connectivity index (χ4v) is 4.00. The summed E-state index contributed by atoms with van der Waals surface area (Å²) in [5, 5.41) is 9.01. The molecule has 0 saturated heterocycles. The monoisotopic (exact) mass is 468 g/mol. The van der Waals surface area contributed by atoms with E-state index in [0.717, 1.165) is 0 Å². The Labute approximate surface area is 196 Å². The predicted molar refractivity (Wildman–Crippen MR) is 124 cm³/mol. The Morgan fingerprint density at radius 2 is 1.79 bits per heavy atom. The van der Waals surface area contributed by atoms with Crippen LogP contribution in [0.15, 0.2) is 41.6 Å². The van der Waals surface area contributed by atoms with Crippen LogP contribution in [0.2, 0.25) is 0 Å². The number of hydrogen-bond acceptors (Lipinski definition) is 9. The first-order valence-corrected chi connectivity index (χ1v) is 11.4. The highest BCUT2D eigenvalue weighted by Gasteiger charge is 2.36. The molecule has 1 aliphatic rings. The first-order chi connectivity index (χ1) is 16.1. The molecule has 9 nitrogen and oxygen atoms in total. The van der Waals surface area contributed by atoms with Crippen molar-refractivity contribution in [1.29, 1.82) is 0 Å². The number of amides is 1. The van der Waals surface area contributed by atoms with Gasteiger partial charge in [-0.25, -0.2) is 0 Å². The van der Waals surface area contributed by atoms with Crippen molar-refractivity contribution in [2.24, 2.45) is 0 Å². The van der Waals surface area contributed by atoms with E-state index in [1.165, 1.54) is 33.1 Å². The van der Waals surface area contributed by atoms with Crippen LogP contribution >= 0.6 is 11.8 Å². The van der Waals surface area contributed by atoms with Gasteiger partial charge in [0.2, 0.25) is 28.9 Å². The molecule has 1 aliphatic heterocycles. The number of thioether (sulfide) groups is 1. The minimum absolute atomic E-state index is 0.132. The Balaban J connectivity index is 1.99. The summed E-state index contributed by atoms with van der Waals surface area (Å²) in [6.45, 7) is 1.80. The summed E-state index contributed by atoms with van der Waals surface area (Å²) in [6, 6.07) is 11.0. The lowest BCUT2D eigenvalue weighted by Crippen LogP contribution is -2.37. The normalized spacial score (nSPS) is 14.5. The maximum absolute atomic E-state index is 13.3. The highest BCUT2D eigenvalue weighted by Crippen LogP contribution is 2.46. The average molecular weight is 469 g/mol. The zero-order chi connectivity index (χ0) is 23.5. The molecule has 0 saturated carbocycles. The van der Waals surface area contributed by atoms with E-state index in [2.05, 4.69) is 15.2 Å². The molecule has 1 aromatic heterocycles. The molecule has 2 aromatic carbocycles. The summed E-state index contributed by atoms with van der Waals surface area (Å²) < 4.78 is 22.9. The SMILES string of the molecule is CCC(=O)N1c2ccccc2-c2nnc(SC)nc2O[C@H]1c1cc(OC)c(OC)c(OC)c1. The number of rotatable bonds is 6. The number of carbonyl (C=O) groups excluding carboxylic acids is 1. The number of anilines is 1. The molecule has 2 heterocycles. The number of fused-ring (bicyclic) bond motifs is 3. The van der Waals surface area contributed by atoms with Crippen LogP contribution in [0.25, 0.3) is 11.3 Å². The van der Waals surface area contributed by atoms with Gasteiger partial charge in [-0.3, -0.25) is 9.69 Å². The Morgan fingerprint density at radius 3 is 2.39 bits per heavy atom. The number of methoxy groups -OCH3 is 3. The first kappa shape index (κ1) is 22.7. The first-order valence-electron chi connectivity index (χ1n) is 10.2. The van der Waals surface area contributed by atoms with Crippen LogP contribution in [0.3, 0.4) is 0 Å². The van der Waals surface area contributed by atoms with Gasteiger partial charge in [0.1, 0.15) is 0 Å². The Morgan fingerprint density at radius 1 is 1.09 bits per heavy atom. The van der Waals surface area contributed by atoms with Gasteiger partial charge in [0, 0.05) is 17.5 Å². The van der Waals surface area contributed by atoms with Gasteiger partial charge in [0.15, 0.2) is 17.2 Å². The molecule has 0 aliphatic carbocycles. The Hall–Kier alpha value is -3.53. The van der Waals surface area contributed by atoms with Crippen LogP contribution < -0.4 is 23.8 Å². The summed E-state index contributed by atoms with van der Waals surface area (Å²) in [5.41, 5.74) is 2.44. The largest absolute Gasteiger partial charge is 0.493 e. The molecule has 0 N–H and O–H groups in total. The van der Waals surface area contributed by atoms with Crippen LogP contribution in [0.1, 0.15) is 25.1 Å². The Bertz CT molecular complexity index is 1160. The second-order valence-corrected chi connectivity index (χ2v) is 7.79. The molecule has 0 bridgehead atoms. The third kappa shape index (κ3) is 4.02. The van der Waals surface area contributed by atoms with E-state index in [1.54, 1.807) is 24.0 Å². The van der Waals surface area contributed by atoms with E-state index in [4.69, 9.17) is 18.9 Å². The number of nitrogens with zero attached hydrogens (tertiary/aromatic N) is 4. The van der Waals surface area contributed by atoms with Gasteiger partial charge in [-0.1, -0.05) is 36.9 Å². The number of aromatic nitrogens is 3. The van der Waals surface area contributed by atoms with Gasteiger partial charge in [0.25, 0.3) is 0 Å². The number of para-hydroxylation sites is 1. The highest BCUT2D eigenvalue weighted by molar-refractivity contribution is 7.98. The average Bonchev–Trinajstić information content (AvgIpc) is 3.01. The molecule has 1 atom stereocenters. The molecule has 0 unspecified atom stereocenters. The molecule has 0 spiro atoms. The van der Waals surface area contributed by atoms with Gasteiger partial charge < -0.3 is 18.9 Å². The molecular formula is C23H24N4O5S. The number of carbonyl (C=O) groups is 1. The predicted octanol–water partition coefficient (Wildman–Crippen LogP) is 4.12. The van der Waals surface area contributed by atoms with Crippen LogP contribution in [-0.2, 0) is 4.79 Å². The van der Waals surface area contributed by atoms with Crippen molar-refractivity contribution in [2.75, 3.05) is 32.5 Å². The van der Waals surface area contributed by atoms with Crippen molar-refractivity contribution in [2.45, 2.75) is 24.7 Å². The van der Waals surface area contributed by atoms with Gasteiger partial charge >= 0.3 is 0 Å². The fraction of sp³-hybridized carbons (Fsp3) is 0.304. The number of benzene rings is 2. The summed E-state index contributed by atoms with van der Waals surface area (Å²) >= 11 is 1.35. The molecule has 172 valence electrons. The van der Waals surface area contributed by atoms with Gasteiger partial charge in [-0.15, -0.1) is 10.2 Å². The molecule has 0 fully saturated rings. The minimum Gasteiger partial charge on any atom is -0.493 e. The van der Waals surface area contributed by atoms with Gasteiger partial charge in [0.05, 0.1) is 27.0 Å². The lowest BCUT2D eigenvalue weighted by molar-refractivity contribution is -0.120. The minimum atomic E-state index is -0.861. The molecule has 4 rings (SSSR count). The summed E-state index contributed by atoms with van der Waals surface area (Å²) in [4.78, 5) is 19.4. The van der Waals surface area contributed by atoms with Crippen LogP contribution in [-0.4, -0.2) is 48.7 Å². The maximum Gasteiger partial charge on any atom is 0.247 e. The smallest absolute Gasteiger partial charge is 0.247 e. The molecule has 0 radical (unpaired) electrons. The van der Waals surface area contributed by atoms with Crippen molar-refractivity contribution in [3.63, 3.8) is 0 Å². The van der Waals surface area contributed by atoms with E-state index >= 15 is 0 Å². The molecule has 10 heteroatoms. The lowest BCUT2D eigenvalue weighted by atomic mass is 10.1. The van der Waals surface area contributed by atoms with Crippen LogP contribution in [0, 0.1) is 0 Å². The van der Waals surface area contributed by atoms with Crippen LogP contribution in [0.4, 0.5) is 5.69 Å². The highest BCUT2D eigenvalue weighted by atomic mass is 32.2. The van der Waals surface area contributed by atoms with Crippen LogP contribution in [0.5, 0.6) is 23.1 Å². The topological polar surface area (TPSA) is 95.9 Å². The van der Waals surface area contributed by atoms with E-state index < -0.39 is 6.23 Å². The quantitative estimate of drug-likeness (QED) is 0.495. The molecule has 33 heavy (non-hydrogen) atoms. The molecular weight excluding hydrogens is 444 g/mol. The maximum atomic E-state index is 13.3. The summed E-state index contributed by atoms with van der Waals surface area (Å²) in [6.07, 6.45) is 1.27. The summed E-state index contributed by atoms with van der Waals surface area (Å²) in [7, 11) is 4.61. The summed E-state index contributed by atoms with van der Waals surface area (Å²) in [5.74, 6) is 1.49. The van der Waals surface area contributed by atoms with E-state index in [9.17, 15) is 4.79 Å². The zero-order valence-corrected chi connectivity index (χ0v) is 19.8. The Kier molecular flexibility index (Phi) is 6.55. The fourth-order valence-electron chi connectivity index (χ4n) is 3.70. The third-order valence-electron chi connectivity index (χ3n) is 5.24. The van der Waals surface area contributed by atoms with E-state index in [-0.39, 0.29) is 18.2 Å². The second kappa shape index (κ2) is 9.53. The molecule has 1 amide bonds. The van der Waals surface area contributed by atoms with Gasteiger partial charge in [-0.05, 0) is 24.5 Å². The van der Waals surface area contributed by atoms with Crippen molar-refractivity contribution in [1.82, 2.24) is 15.2 Å². The number of hydrogen-bond donors (Lipinski definition) is 0. The van der Waals surface area contributed by atoms with E-state index in [1.807, 2.05) is 30.5 Å². The third-order valence-corrected chi connectivity index (χ3v) is 5.78. The van der Waals surface area contributed by atoms with Crippen molar-refractivity contribution >= 4 is 23.4 Å². The van der Waals surface area contributed by atoms with E-state index in [0.29, 0.717) is 44.9 Å². The van der Waals surface area contributed by atoms with Crippen molar-refractivity contribution in [3.05, 3.63) is 42.0 Å². The van der Waals surface area contributed by atoms with Gasteiger partial charge in [-0.2, -0.15) is 4.98 Å².